The van der Waals surface area contributed by atoms with Crippen molar-refractivity contribution in [3.63, 3.8) is 0 Å². The summed E-state index contributed by atoms with van der Waals surface area (Å²) in [5.74, 6) is -0.487. The van der Waals surface area contributed by atoms with Crippen LogP contribution in [0.5, 0.6) is 0 Å². The minimum Gasteiger partial charge on any atom is -0.366 e. The molecule has 0 aromatic heterocycles. The summed E-state index contributed by atoms with van der Waals surface area (Å²) in [4.78, 5) is 15.4. The lowest BCUT2D eigenvalue weighted by Gasteiger charge is -2.37. The Hall–Kier alpha value is -2.47. The normalized spacial score (nSPS) is 14.3. The monoisotopic (exact) mass is 371 g/mol. The fourth-order valence-electron chi connectivity index (χ4n) is 2.97. The number of nitrogens with one attached hydrogen (secondary N) is 1. The standard InChI is InChI=1S/C20H22FN3OS/c1-14-3-6-17(7-4-14)22-20(26)24-11-9-23(10-12-24)19-8-5-16(15(2)25)13-18(19)21/h3-8,13H,9-12H2,1-2H3,(H,22,26). The average Bonchev–Trinajstić information content (AvgIpc) is 2.63. The molecule has 0 aliphatic carbocycles. The minimum atomic E-state index is -0.355. The van der Waals surface area contributed by atoms with Gasteiger partial charge in [-0.1, -0.05) is 17.7 Å². The van der Waals surface area contributed by atoms with Crippen molar-refractivity contribution in [3.8, 4) is 0 Å². The van der Waals surface area contributed by atoms with Crippen LogP contribution in [0.1, 0.15) is 22.8 Å². The van der Waals surface area contributed by atoms with Gasteiger partial charge in [0.1, 0.15) is 5.82 Å². The predicted octanol–water partition coefficient (Wildman–Crippen LogP) is 3.86. The highest BCUT2D eigenvalue weighted by atomic mass is 32.1. The van der Waals surface area contributed by atoms with Gasteiger partial charge in [-0.2, -0.15) is 0 Å². The van der Waals surface area contributed by atoms with E-state index < -0.39 is 0 Å². The van der Waals surface area contributed by atoms with Crippen LogP contribution in [0.4, 0.5) is 15.8 Å². The van der Waals surface area contributed by atoms with Crippen LogP contribution >= 0.6 is 12.2 Å². The molecule has 136 valence electrons. The van der Waals surface area contributed by atoms with Crippen molar-refractivity contribution in [2.24, 2.45) is 0 Å². The SMILES string of the molecule is CC(=O)c1ccc(N2CCN(C(=S)Nc3ccc(C)cc3)CC2)c(F)c1. The molecule has 1 fully saturated rings. The Bertz CT molecular complexity index is 814. The van der Waals surface area contributed by atoms with E-state index in [2.05, 4.69) is 10.2 Å². The van der Waals surface area contributed by atoms with E-state index in [4.69, 9.17) is 12.2 Å². The molecule has 1 aliphatic heterocycles. The largest absolute Gasteiger partial charge is 0.366 e. The Labute approximate surface area is 158 Å². The fourth-order valence-corrected chi connectivity index (χ4v) is 3.27. The number of rotatable bonds is 3. The molecular formula is C20H22FN3OS. The number of hydrogen-bond acceptors (Lipinski definition) is 3. The van der Waals surface area contributed by atoms with E-state index in [0.717, 1.165) is 5.69 Å². The van der Waals surface area contributed by atoms with E-state index in [9.17, 15) is 9.18 Å². The van der Waals surface area contributed by atoms with Crippen LogP contribution < -0.4 is 10.2 Å². The molecule has 4 nitrogen and oxygen atoms in total. The van der Waals surface area contributed by atoms with Crippen LogP contribution in [0.3, 0.4) is 0 Å². The second-order valence-corrected chi connectivity index (χ2v) is 6.88. The minimum absolute atomic E-state index is 0.132. The van der Waals surface area contributed by atoms with Crippen molar-refractivity contribution in [2.75, 3.05) is 36.4 Å². The first-order valence-electron chi connectivity index (χ1n) is 8.62. The van der Waals surface area contributed by atoms with Gasteiger partial charge in [-0.05, 0) is 56.4 Å². The van der Waals surface area contributed by atoms with E-state index in [1.807, 2.05) is 36.1 Å². The molecule has 0 unspecified atom stereocenters. The highest BCUT2D eigenvalue weighted by Gasteiger charge is 2.21. The maximum absolute atomic E-state index is 14.3. The molecule has 26 heavy (non-hydrogen) atoms. The van der Waals surface area contributed by atoms with Crippen LogP contribution in [0.25, 0.3) is 0 Å². The molecule has 3 rings (SSSR count). The molecule has 1 aliphatic rings. The Morgan fingerprint density at radius 1 is 1.08 bits per heavy atom. The molecule has 0 saturated carbocycles. The highest BCUT2D eigenvalue weighted by molar-refractivity contribution is 7.80. The molecule has 6 heteroatoms. The van der Waals surface area contributed by atoms with Crippen LogP contribution in [0.2, 0.25) is 0 Å². The number of carbonyl (C=O) groups excluding carboxylic acids is 1. The van der Waals surface area contributed by atoms with Crippen molar-refractivity contribution < 1.29 is 9.18 Å². The molecule has 2 aromatic rings. The maximum atomic E-state index is 14.3. The third-order valence-electron chi connectivity index (χ3n) is 4.56. The lowest BCUT2D eigenvalue weighted by molar-refractivity contribution is 0.101. The van der Waals surface area contributed by atoms with E-state index in [1.165, 1.54) is 18.6 Å². The third-order valence-corrected chi connectivity index (χ3v) is 4.92. The number of carbonyl (C=O) groups is 1. The number of aryl methyl sites for hydroxylation is 1. The van der Waals surface area contributed by atoms with Gasteiger partial charge in [-0.25, -0.2) is 4.39 Å². The summed E-state index contributed by atoms with van der Waals surface area (Å²) in [6.45, 7) is 6.26. The maximum Gasteiger partial charge on any atom is 0.173 e. The number of nitrogens with zero attached hydrogens (tertiary/aromatic N) is 2. The lowest BCUT2D eigenvalue weighted by Crippen LogP contribution is -2.50. The topological polar surface area (TPSA) is 35.6 Å². The van der Waals surface area contributed by atoms with Gasteiger partial charge in [0.25, 0.3) is 0 Å². The zero-order valence-corrected chi connectivity index (χ0v) is 15.8. The van der Waals surface area contributed by atoms with E-state index in [-0.39, 0.29) is 11.6 Å². The molecule has 1 heterocycles. The van der Waals surface area contributed by atoms with E-state index in [0.29, 0.717) is 42.5 Å². The smallest absolute Gasteiger partial charge is 0.173 e. The number of anilines is 2. The summed E-state index contributed by atoms with van der Waals surface area (Å²) >= 11 is 5.50. The Kier molecular flexibility index (Phi) is 5.52. The number of piperazine rings is 1. The first kappa shape index (κ1) is 18.3. The van der Waals surface area contributed by atoms with Gasteiger partial charge in [0.05, 0.1) is 5.69 Å². The summed E-state index contributed by atoms with van der Waals surface area (Å²) in [6.07, 6.45) is 0. The van der Waals surface area contributed by atoms with Gasteiger partial charge in [0.2, 0.25) is 0 Å². The van der Waals surface area contributed by atoms with Gasteiger partial charge in [-0.3, -0.25) is 4.79 Å². The number of hydrogen-bond donors (Lipinski definition) is 1. The summed E-state index contributed by atoms with van der Waals surface area (Å²) in [5, 5.41) is 3.93. The van der Waals surface area contributed by atoms with Gasteiger partial charge in [0.15, 0.2) is 10.9 Å². The molecule has 0 amide bonds. The zero-order chi connectivity index (χ0) is 18.7. The number of benzene rings is 2. The van der Waals surface area contributed by atoms with Crippen molar-refractivity contribution in [1.29, 1.82) is 0 Å². The average molecular weight is 371 g/mol. The molecule has 2 aromatic carbocycles. The fraction of sp³-hybridized carbons (Fsp3) is 0.300. The Morgan fingerprint density at radius 2 is 1.73 bits per heavy atom. The lowest BCUT2D eigenvalue weighted by atomic mass is 10.1. The van der Waals surface area contributed by atoms with Gasteiger partial charge in [-0.15, -0.1) is 0 Å². The van der Waals surface area contributed by atoms with Crippen LogP contribution in [0.15, 0.2) is 42.5 Å². The highest BCUT2D eigenvalue weighted by Crippen LogP contribution is 2.22. The Balaban J connectivity index is 1.59. The Morgan fingerprint density at radius 3 is 2.31 bits per heavy atom. The molecule has 1 N–H and O–H groups in total. The van der Waals surface area contributed by atoms with Crippen molar-refractivity contribution >= 4 is 34.5 Å². The van der Waals surface area contributed by atoms with Gasteiger partial charge >= 0.3 is 0 Å². The first-order chi connectivity index (χ1) is 12.4. The second kappa shape index (κ2) is 7.83. The predicted molar refractivity (Wildman–Crippen MR) is 108 cm³/mol. The van der Waals surface area contributed by atoms with E-state index >= 15 is 0 Å². The van der Waals surface area contributed by atoms with Crippen molar-refractivity contribution in [2.45, 2.75) is 13.8 Å². The number of Topliss-reactive ketones (excluding diaryl/α,β-unsaturated/α-hetero) is 1. The summed E-state index contributed by atoms with van der Waals surface area (Å²) in [5.41, 5.74) is 3.10. The van der Waals surface area contributed by atoms with Crippen molar-refractivity contribution in [3.05, 3.63) is 59.4 Å². The van der Waals surface area contributed by atoms with Crippen LogP contribution in [-0.2, 0) is 0 Å². The molecular weight excluding hydrogens is 349 g/mol. The zero-order valence-electron chi connectivity index (χ0n) is 15.0. The van der Waals surface area contributed by atoms with Crippen molar-refractivity contribution in [1.82, 2.24) is 4.90 Å². The third kappa shape index (κ3) is 4.19. The van der Waals surface area contributed by atoms with Crippen LogP contribution in [0, 0.1) is 12.7 Å². The quantitative estimate of drug-likeness (QED) is 0.655. The number of halogens is 1. The molecule has 0 bridgehead atoms. The second-order valence-electron chi connectivity index (χ2n) is 6.49. The van der Waals surface area contributed by atoms with E-state index in [1.54, 1.807) is 12.1 Å². The number of thiocarbonyl (C=S) groups is 1. The summed E-state index contributed by atoms with van der Waals surface area (Å²) in [6, 6.07) is 12.8. The molecule has 0 spiro atoms. The summed E-state index contributed by atoms with van der Waals surface area (Å²) < 4.78 is 14.3. The van der Waals surface area contributed by atoms with Gasteiger partial charge in [0, 0.05) is 37.4 Å². The molecule has 0 atom stereocenters. The molecule has 1 saturated heterocycles. The summed E-state index contributed by atoms with van der Waals surface area (Å²) in [7, 11) is 0. The van der Waals surface area contributed by atoms with Gasteiger partial charge < -0.3 is 15.1 Å². The number of ketones is 1. The first-order valence-corrected chi connectivity index (χ1v) is 9.03. The van der Waals surface area contributed by atoms with Crippen LogP contribution in [-0.4, -0.2) is 42.0 Å². The molecule has 0 radical (unpaired) electrons.